The van der Waals surface area contributed by atoms with Gasteiger partial charge in [0.05, 0.1) is 0 Å². The summed E-state index contributed by atoms with van der Waals surface area (Å²) in [4.78, 5) is 0. The number of hydrogen-bond acceptors (Lipinski definition) is 2. The van der Waals surface area contributed by atoms with Crippen LogP contribution < -0.4 is 0 Å². The summed E-state index contributed by atoms with van der Waals surface area (Å²) in [6.45, 7) is 0. The summed E-state index contributed by atoms with van der Waals surface area (Å²) in [5.41, 5.74) is 2.56. The molecule has 0 N–H and O–H groups in total. The van der Waals surface area contributed by atoms with Gasteiger partial charge < -0.3 is 4.52 Å². The Morgan fingerprint density at radius 2 is 1.82 bits per heavy atom. The Balaban J connectivity index is 2.21. The van der Waals surface area contributed by atoms with Gasteiger partial charge in [0.15, 0.2) is 5.58 Å². The number of nitrogens with zero attached hydrogens (tertiary/aromatic N) is 1. The first-order chi connectivity index (χ1) is 8.24. The van der Waals surface area contributed by atoms with Crippen molar-refractivity contribution in [1.82, 2.24) is 5.16 Å². The molecule has 2 nitrogen and oxygen atoms in total. The number of rotatable bonds is 1. The molecule has 0 aliphatic rings. The molecule has 2 aromatic carbocycles. The van der Waals surface area contributed by atoms with Crippen LogP contribution in [-0.4, -0.2) is 5.16 Å². The van der Waals surface area contributed by atoms with Crippen molar-refractivity contribution in [2.24, 2.45) is 0 Å². The molecule has 0 aliphatic carbocycles. The summed E-state index contributed by atoms with van der Waals surface area (Å²) in [7, 11) is 0. The maximum Gasteiger partial charge on any atom is 0.169 e. The zero-order valence-corrected chi connectivity index (χ0v) is 11.0. The van der Waals surface area contributed by atoms with Crippen molar-refractivity contribution in [3.8, 4) is 11.3 Å². The first-order valence-corrected chi connectivity index (χ1v) is 6.22. The molecule has 3 aromatic rings. The van der Waals surface area contributed by atoms with Crippen molar-refractivity contribution in [3.63, 3.8) is 0 Å². The molecule has 3 rings (SSSR count). The summed E-state index contributed by atoms with van der Waals surface area (Å²) in [6.07, 6.45) is 0. The standard InChI is InChI=1S/C13H7BrClNO/c14-9-3-1-8(2-4-9)13-11-6-5-10(15)7-12(11)17-16-13/h1-7H. The van der Waals surface area contributed by atoms with Crippen LogP contribution >= 0.6 is 27.5 Å². The summed E-state index contributed by atoms with van der Waals surface area (Å²) < 4.78 is 6.31. The van der Waals surface area contributed by atoms with E-state index in [2.05, 4.69) is 21.1 Å². The lowest BCUT2D eigenvalue weighted by Gasteiger charge is -1.97. The van der Waals surface area contributed by atoms with Crippen molar-refractivity contribution in [2.45, 2.75) is 0 Å². The molecule has 0 fully saturated rings. The molecular weight excluding hydrogens is 302 g/mol. The van der Waals surface area contributed by atoms with E-state index >= 15 is 0 Å². The van der Waals surface area contributed by atoms with E-state index in [1.54, 1.807) is 6.07 Å². The van der Waals surface area contributed by atoms with Crippen molar-refractivity contribution in [1.29, 1.82) is 0 Å². The Hall–Kier alpha value is -1.32. The second-order valence-corrected chi connectivity index (χ2v) is 5.03. The fourth-order valence-corrected chi connectivity index (χ4v) is 2.15. The second-order valence-electron chi connectivity index (χ2n) is 3.68. The van der Waals surface area contributed by atoms with E-state index in [-0.39, 0.29) is 0 Å². The molecule has 0 saturated carbocycles. The minimum absolute atomic E-state index is 0.649. The first kappa shape index (κ1) is 10.8. The van der Waals surface area contributed by atoms with Crippen LogP contribution in [0.15, 0.2) is 51.5 Å². The molecule has 1 aromatic heterocycles. The number of aromatic nitrogens is 1. The average molecular weight is 309 g/mol. The predicted octanol–water partition coefficient (Wildman–Crippen LogP) is 4.91. The molecule has 0 spiro atoms. The van der Waals surface area contributed by atoms with E-state index in [4.69, 9.17) is 16.1 Å². The zero-order valence-electron chi connectivity index (χ0n) is 8.65. The molecule has 0 unspecified atom stereocenters. The molecular formula is C13H7BrClNO. The number of halogens is 2. The highest BCUT2D eigenvalue weighted by molar-refractivity contribution is 9.10. The van der Waals surface area contributed by atoms with E-state index in [1.165, 1.54) is 0 Å². The Morgan fingerprint density at radius 1 is 1.06 bits per heavy atom. The molecule has 4 heteroatoms. The summed E-state index contributed by atoms with van der Waals surface area (Å²) in [5.74, 6) is 0. The summed E-state index contributed by atoms with van der Waals surface area (Å²) in [5, 5.41) is 5.71. The second kappa shape index (κ2) is 4.17. The largest absolute Gasteiger partial charge is 0.356 e. The SMILES string of the molecule is Clc1ccc2c(-c3ccc(Br)cc3)noc2c1. The zero-order chi connectivity index (χ0) is 11.8. The Labute approximate surface area is 111 Å². The van der Waals surface area contributed by atoms with Crippen LogP contribution in [0.25, 0.3) is 22.2 Å². The lowest BCUT2D eigenvalue weighted by Crippen LogP contribution is -1.77. The third-order valence-corrected chi connectivity index (χ3v) is 3.32. The van der Waals surface area contributed by atoms with Gasteiger partial charge in [-0.15, -0.1) is 0 Å². The van der Waals surface area contributed by atoms with Crippen LogP contribution in [0.1, 0.15) is 0 Å². The van der Waals surface area contributed by atoms with Crippen LogP contribution in [0.4, 0.5) is 0 Å². The number of hydrogen-bond donors (Lipinski definition) is 0. The van der Waals surface area contributed by atoms with Gasteiger partial charge in [0, 0.05) is 26.5 Å². The molecule has 84 valence electrons. The van der Waals surface area contributed by atoms with Crippen LogP contribution in [0.5, 0.6) is 0 Å². The topological polar surface area (TPSA) is 26.0 Å². The normalized spacial score (nSPS) is 10.9. The van der Waals surface area contributed by atoms with Crippen molar-refractivity contribution < 1.29 is 4.52 Å². The third kappa shape index (κ3) is 1.96. The quantitative estimate of drug-likeness (QED) is 0.638. The minimum atomic E-state index is 0.649. The fraction of sp³-hybridized carbons (Fsp3) is 0. The molecule has 0 atom stereocenters. The van der Waals surface area contributed by atoms with Gasteiger partial charge in [0.2, 0.25) is 0 Å². The lowest BCUT2D eigenvalue weighted by atomic mass is 10.1. The highest BCUT2D eigenvalue weighted by Crippen LogP contribution is 2.30. The molecule has 0 radical (unpaired) electrons. The first-order valence-electron chi connectivity index (χ1n) is 5.05. The van der Waals surface area contributed by atoms with Crippen molar-refractivity contribution in [2.75, 3.05) is 0 Å². The van der Waals surface area contributed by atoms with E-state index in [0.29, 0.717) is 10.6 Å². The molecule has 1 heterocycles. The average Bonchev–Trinajstić information content (AvgIpc) is 2.73. The van der Waals surface area contributed by atoms with Gasteiger partial charge in [-0.05, 0) is 24.3 Å². The van der Waals surface area contributed by atoms with Crippen LogP contribution in [-0.2, 0) is 0 Å². The van der Waals surface area contributed by atoms with E-state index in [0.717, 1.165) is 21.1 Å². The Morgan fingerprint density at radius 3 is 2.59 bits per heavy atom. The summed E-state index contributed by atoms with van der Waals surface area (Å²) >= 11 is 9.31. The smallest absolute Gasteiger partial charge is 0.169 e. The maximum absolute atomic E-state index is 5.90. The Kier molecular flexibility index (Phi) is 2.65. The van der Waals surface area contributed by atoms with E-state index in [1.807, 2.05) is 36.4 Å². The van der Waals surface area contributed by atoms with Crippen LogP contribution in [0, 0.1) is 0 Å². The summed E-state index contributed by atoms with van der Waals surface area (Å²) in [6, 6.07) is 13.5. The fourth-order valence-electron chi connectivity index (χ4n) is 1.73. The van der Waals surface area contributed by atoms with Gasteiger partial charge in [-0.2, -0.15) is 0 Å². The number of fused-ring (bicyclic) bond motifs is 1. The highest BCUT2D eigenvalue weighted by Gasteiger charge is 2.10. The Bertz CT molecular complexity index is 675. The lowest BCUT2D eigenvalue weighted by molar-refractivity contribution is 0.459. The minimum Gasteiger partial charge on any atom is -0.356 e. The monoisotopic (exact) mass is 307 g/mol. The van der Waals surface area contributed by atoms with Gasteiger partial charge in [0.1, 0.15) is 5.69 Å². The highest BCUT2D eigenvalue weighted by atomic mass is 79.9. The van der Waals surface area contributed by atoms with Crippen molar-refractivity contribution >= 4 is 38.5 Å². The van der Waals surface area contributed by atoms with Gasteiger partial charge in [-0.1, -0.05) is 44.8 Å². The van der Waals surface area contributed by atoms with Gasteiger partial charge in [-0.3, -0.25) is 0 Å². The molecule has 0 aliphatic heterocycles. The number of benzene rings is 2. The molecule has 0 bridgehead atoms. The van der Waals surface area contributed by atoms with E-state index < -0.39 is 0 Å². The van der Waals surface area contributed by atoms with Gasteiger partial charge in [-0.25, -0.2) is 0 Å². The predicted molar refractivity (Wildman–Crippen MR) is 72.2 cm³/mol. The van der Waals surface area contributed by atoms with Gasteiger partial charge in [0.25, 0.3) is 0 Å². The molecule has 0 saturated heterocycles. The molecule has 17 heavy (non-hydrogen) atoms. The maximum atomic E-state index is 5.90. The van der Waals surface area contributed by atoms with Crippen LogP contribution in [0.2, 0.25) is 5.02 Å². The third-order valence-electron chi connectivity index (χ3n) is 2.55. The van der Waals surface area contributed by atoms with Gasteiger partial charge >= 0.3 is 0 Å². The van der Waals surface area contributed by atoms with Crippen LogP contribution in [0.3, 0.4) is 0 Å². The van der Waals surface area contributed by atoms with Crippen molar-refractivity contribution in [3.05, 3.63) is 52.0 Å². The molecule has 0 amide bonds. The van der Waals surface area contributed by atoms with E-state index in [9.17, 15) is 0 Å².